The highest BCUT2D eigenvalue weighted by atomic mass is 16.2. The molecule has 1 aliphatic rings. The van der Waals surface area contributed by atoms with E-state index in [4.69, 9.17) is 0 Å². The molecule has 0 bridgehead atoms. The Morgan fingerprint density at radius 1 is 1.14 bits per heavy atom. The maximum Gasteiger partial charge on any atom is 0.255 e. The van der Waals surface area contributed by atoms with Crippen LogP contribution in [0.25, 0.3) is 0 Å². The van der Waals surface area contributed by atoms with E-state index in [1.807, 2.05) is 43.3 Å². The lowest BCUT2D eigenvalue weighted by atomic mass is 10.1. The molecule has 0 unspecified atom stereocenters. The van der Waals surface area contributed by atoms with Crippen LogP contribution in [0, 0.1) is 6.92 Å². The second-order valence-corrected chi connectivity index (χ2v) is 5.59. The molecule has 0 aromatic heterocycles. The minimum absolute atomic E-state index is 0.0512. The number of benzene rings is 2. The van der Waals surface area contributed by atoms with Gasteiger partial charge in [0.25, 0.3) is 5.91 Å². The third-order valence-corrected chi connectivity index (χ3v) is 3.89. The summed E-state index contributed by atoms with van der Waals surface area (Å²) in [6.07, 6.45) is 0.822. The maximum absolute atomic E-state index is 12.3. The molecule has 1 heterocycles. The Labute approximate surface area is 129 Å². The third kappa shape index (κ3) is 2.72. The van der Waals surface area contributed by atoms with Crippen LogP contribution in [0.5, 0.6) is 0 Å². The number of nitrogens with zero attached hydrogens (tertiary/aromatic N) is 1. The lowest BCUT2D eigenvalue weighted by molar-refractivity contribution is -0.116. The average molecular weight is 294 g/mol. The molecule has 0 radical (unpaired) electrons. The van der Waals surface area contributed by atoms with Crippen molar-refractivity contribution in [1.29, 1.82) is 0 Å². The number of fused-ring (bicyclic) bond motifs is 1. The molecule has 0 aliphatic carbocycles. The highest BCUT2D eigenvalue weighted by Gasteiger charge is 2.22. The van der Waals surface area contributed by atoms with Crippen molar-refractivity contribution in [2.75, 3.05) is 16.8 Å². The van der Waals surface area contributed by atoms with Gasteiger partial charge in [-0.1, -0.05) is 17.7 Å². The van der Waals surface area contributed by atoms with E-state index in [2.05, 4.69) is 5.32 Å². The van der Waals surface area contributed by atoms with Crippen molar-refractivity contribution in [2.45, 2.75) is 20.3 Å². The topological polar surface area (TPSA) is 49.4 Å². The quantitative estimate of drug-likeness (QED) is 0.925. The summed E-state index contributed by atoms with van der Waals surface area (Å²) in [5.41, 5.74) is 4.50. The summed E-state index contributed by atoms with van der Waals surface area (Å²) >= 11 is 0. The van der Waals surface area contributed by atoms with Gasteiger partial charge in [-0.2, -0.15) is 0 Å². The Hall–Kier alpha value is -2.62. The molecule has 0 fully saturated rings. The van der Waals surface area contributed by atoms with Crippen LogP contribution < -0.4 is 10.2 Å². The normalized spacial score (nSPS) is 12.9. The van der Waals surface area contributed by atoms with E-state index in [1.165, 1.54) is 0 Å². The number of hydrogen-bond donors (Lipinski definition) is 1. The van der Waals surface area contributed by atoms with Crippen molar-refractivity contribution >= 4 is 23.2 Å². The van der Waals surface area contributed by atoms with Crippen LogP contribution >= 0.6 is 0 Å². The van der Waals surface area contributed by atoms with Crippen LogP contribution in [0.15, 0.2) is 42.5 Å². The minimum atomic E-state index is -0.120. The molecule has 4 heteroatoms. The van der Waals surface area contributed by atoms with Gasteiger partial charge in [-0.05, 0) is 49.2 Å². The monoisotopic (exact) mass is 294 g/mol. The van der Waals surface area contributed by atoms with Crippen molar-refractivity contribution < 1.29 is 9.59 Å². The van der Waals surface area contributed by atoms with Gasteiger partial charge >= 0.3 is 0 Å². The molecule has 3 rings (SSSR count). The van der Waals surface area contributed by atoms with Gasteiger partial charge in [-0.3, -0.25) is 9.59 Å². The van der Waals surface area contributed by atoms with Gasteiger partial charge in [0.2, 0.25) is 5.91 Å². The molecule has 1 N–H and O–H groups in total. The van der Waals surface area contributed by atoms with Gasteiger partial charge in [0.1, 0.15) is 0 Å². The van der Waals surface area contributed by atoms with Crippen molar-refractivity contribution in [3.63, 3.8) is 0 Å². The molecule has 4 nitrogen and oxygen atoms in total. The first-order chi connectivity index (χ1) is 10.5. The number of carbonyl (C=O) groups excluding carboxylic acids is 2. The van der Waals surface area contributed by atoms with Gasteiger partial charge in [0, 0.05) is 30.4 Å². The number of amides is 2. The Morgan fingerprint density at radius 2 is 1.95 bits per heavy atom. The SMILES string of the molecule is CC(=O)N1CCc2cc(NC(=O)c3cccc(C)c3)ccc21. The van der Waals surface area contributed by atoms with E-state index < -0.39 is 0 Å². The number of rotatable bonds is 2. The molecule has 22 heavy (non-hydrogen) atoms. The highest BCUT2D eigenvalue weighted by Crippen LogP contribution is 2.30. The fourth-order valence-corrected chi connectivity index (χ4v) is 2.80. The summed E-state index contributed by atoms with van der Waals surface area (Å²) in [5.74, 6) is -0.0691. The van der Waals surface area contributed by atoms with Crippen LogP contribution in [0.2, 0.25) is 0 Å². The summed E-state index contributed by atoms with van der Waals surface area (Å²) in [4.78, 5) is 25.6. The smallest absolute Gasteiger partial charge is 0.255 e. The predicted octanol–water partition coefficient (Wildman–Crippen LogP) is 3.16. The van der Waals surface area contributed by atoms with Crippen LogP contribution in [0.3, 0.4) is 0 Å². The second kappa shape index (κ2) is 5.64. The summed E-state index contributed by atoms with van der Waals surface area (Å²) < 4.78 is 0. The molecule has 2 aromatic rings. The van der Waals surface area contributed by atoms with Gasteiger partial charge in [-0.15, -0.1) is 0 Å². The molecule has 0 spiro atoms. The predicted molar refractivity (Wildman–Crippen MR) is 87.3 cm³/mol. The summed E-state index contributed by atoms with van der Waals surface area (Å²) in [5, 5.41) is 2.92. The molecular weight excluding hydrogens is 276 g/mol. The number of hydrogen-bond acceptors (Lipinski definition) is 2. The van der Waals surface area contributed by atoms with Crippen LogP contribution in [-0.2, 0) is 11.2 Å². The van der Waals surface area contributed by atoms with E-state index in [-0.39, 0.29) is 11.8 Å². The van der Waals surface area contributed by atoms with E-state index in [9.17, 15) is 9.59 Å². The highest BCUT2D eigenvalue weighted by molar-refractivity contribution is 6.04. The molecule has 0 atom stereocenters. The standard InChI is InChI=1S/C18H18N2O2/c1-12-4-3-5-15(10-12)18(22)19-16-6-7-17-14(11-16)8-9-20(17)13(2)21/h3-7,10-11H,8-9H2,1-2H3,(H,19,22). The van der Waals surface area contributed by atoms with Crippen molar-refractivity contribution in [3.05, 3.63) is 59.2 Å². The van der Waals surface area contributed by atoms with E-state index in [0.29, 0.717) is 12.1 Å². The largest absolute Gasteiger partial charge is 0.322 e. The molecule has 2 amide bonds. The van der Waals surface area contributed by atoms with Crippen LogP contribution in [-0.4, -0.2) is 18.4 Å². The lowest BCUT2D eigenvalue weighted by Crippen LogP contribution is -2.25. The Balaban J connectivity index is 1.80. The molecule has 0 saturated heterocycles. The summed E-state index contributed by atoms with van der Waals surface area (Å²) in [7, 11) is 0. The zero-order valence-electron chi connectivity index (χ0n) is 12.7. The fourth-order valence-electron chi connectivity index (χ4n) is 2.80. The molecule has 112 valence electrons. The van der Waals surface area contributed by atoms with Gasteiger partial charge in [-0.25, -0.2) is 0 Å². The third-order valence-electron chi connectivity index (χ3n) is 3.89. The Bertz CT molecular complexity index is 753. The zero-order valence-corrected chi connectivity index (χ0v) is 12.7. The molecular formula is C18H18N2O2. The van der Waals surface area contributed by atoms with Gasteiger partial charge < -0.3 is 10.2 Å². The zero-order chi connectivity index (χ0) is 15.7. The first-order valence-corrected chi connectivity index (χ1v) is 7.33. The van der Waals surface area contributed by atoms with Crippen LogP contribution in [0.4, 0.5) is 11.4 Å². The number of aryl methyl sites for hydroxylation is 1. The minimum Gasteiger partial charge on any atom is -0.322 e. The molecule has 1 aliphatic heterocycles. The number of nitrogens with one attached hydrogen (secondary N) is 1. The summed E-state index contributed by atoms with van der Waals surface area (Å²) in [6.45, 7) is 4.24. The van der Waals surface area contributed by atoms with E-state index in [1.54, 1.807) is 17.9 Å². The summed E-state index contributed by atoms with van der Waals surface area (Å²) in [6, 6.07) is 13.2. The second-order valence-electron chi connectivity index (χ2n) is 5.59. The lowest BCUT2D eigenvalue weighted by Gasteiger charge is -2.15. The van der Waals surface area contributed by atoms with Crippen molar-refractivity contribution in [1.82, 2.24) is 0 Å². The maximum atomic E-state index is 12.3. The average Bonchev–Trinajstić information content (AvgIpc) is 2.90. The Morgan fingerprint density at radius 3 is 2.68 bits per heavy atom. The van der Waals surface area contributed by atoms with Crippen LogP contribution in [0.1, 0.15) is 28.4 Å². The van der Waals surface area contributed by atoms with Gasteiger partial charge in [0.05, 0.1) is 0 Å². The molecule has 2 aromatic carbocycles. The first-order valence-electron chi connectivity index (χ1n) is 7.33. The number of carbonyl (C=O) groups is 2. The van der Waals surface area contributed by atoms with Crippen molar-refractivity contribution in [3.8, 4) is 0 Å². The van der Waals surface area contributed by atoms with Gasteiger partial charge in [0.15, 0.2) is 0 Å². The van der Waals surface area contributed by atoms with E-state index >= 15 is 0 Å². The molecule has 0 saturated carbocycles. The van der Waals surface area contributed by atoms with E-state index in [0.717, 1.165) is 28.9 Å². The first kappa shape index (κ1) is 14.3. The van der Waals surface area contributed by atoms with Crippen molar-refractivity contribution in [2.24, 2.45) is 0 Å². The number of anilines is 2. The fraction of sp³-hybridized carbons (Fsp3) is 0.222. The Kier molecular flexibility index (Phi) is 3.67.